The van der Waals surface area contributed by atoms with Crippen LogP contribution in [-0.2, 0) is 0 Å². The Morgan fingerprint density at radius 3 is 2.83 bits per heavy atom. The molecule has 0 bridgehead atoms. The van der Waals surface area contributed by atoms with Crippen LogP contribution in [0.15, 0.2) is 30.5 Å². The number of hydrogen-bond donors (Lipinski definition) is 2. The third-order valence-corrected chi connectivity index (χ3v) is 3.17. The van der Waals surface area contributed by atoms with Crippen LogP contribution >= 0.6 is 34.2 Å². The molecule has 7 heteroatoms. The van der Waals surface area contributed by atoms with E-state index >= 15 is 0 Å². The molecule has 0 saturated carbocycles. The molecule has 0 aliphatic heterocycles. The zero-order valence-electron chi connectivity index (χ0n) is 8.89. The van der Waals surface area contributed by atoms with E-state index in [-0.39, 0.29) is 16.9 Å². The molecule has 92 valence electrons. The molecule has 2 N–H and O–H groups in total. The minimum Gasteiger partial charge on any atom is -0.507 e. The summed E-state index contributed by atoms with van der Waals surface area (Å²) in [5.74, 6) is -0.0153. The number of hydrogen-bond acceptors (Lipinski definition) is 4. The van der Waals surface area contributed by atoms with Crippen LogP contribution in [0.4, 0.5) is 5.82 Å². The molecule has 0 radical (unpaired) electrons. The fraction of sp³-hybridized carbons (Fsp3) is 0. The molecule has 5 nitrogen and oxygen atoms in total. The van der Waals surface area contributed by atoms with Gasteiger partial charge in [-0.15, -0.1) is 0 Å². The first-order valence-electron chi connectivity index (χ1n) is 4.84. The topological polar surface area (TPSA) is 75.1 Å². The first-order chi connectivity index (χ1) is 8.56. The van der Waals surface area contributed by atoms with Gasteiger partial charge in [0.1, 0.15) is 11.6 Å². The monoisotopic (exact) mass is 375 g/mol. The number of rotatable bonds is 2. The van der Waals surface area contributed by atoms with E-state index in [0.717, 1.165) is 0 Å². The SMILES string of the molecule is O=C(Nc1ccnc(Cl)n1)c1ccc(I)c(O)c1. The van der Waals surface area contributed by atoms with Crippen LogP contribution in [0.1, 0.15) is 10.4 Å². The van der Waals surface area contributed by atoms with Gasteiger partial charge in [-0.1, -0.05) is 0 Å². The molecule has 0 unspecified atom stereocenters. The number of anilines is 1. The molecule has 2 rings (SSSR count). The van der Waals surface area contributed by atoms with Crippen LogP contribution in [0, 0.1) is 3.57 Å². The predicted octanol–water partition coefficient (Wildman–Crippen LogP) is 2.69. The molecular weight excluding hydrogens is 368 g/mol. The molecule has 0 fully saturated rings. The van der Waals surface area contributed by atoms with Crippen molar-refractivity contribution in [2.45, 2.75) is 0 Å². The number of phenols is 1. The van der Waals surface area contributed by atoms with Crippen molar-refractivity contribution in [3.8, 4) is 5.75 Å². The van der Waals surface area contributed by atoms with E-state index < -0.39 is 0 Å². The third-order valence-electron chi connectivity index (χ3n) is 2.08. The van der Waals surface area contributed by atoms with Crippen molar-refractivity contribution in [1.29, 1.82) is 0 Å². The summed E-state index contributed by atoms with van der Waals surface area (Å²) in [7, 11) is 0. The van der Waals surface area contributed by atoms with Crippen LogP contribution in [0.2, 0.25) is 5.28 Å². The number of aromatic hydroxyl groups is 1. The highest BCUT2D eigenvalue weighted by atomic mass is 127. The van der Waals surface area contributed by atoms with Crippen molar-refractivity contribution in [1.82, 2.24) is 9.97 Å². The zero-order valence-corrected chi connectivity index (χ0v) is 11.8. The Hall–Kier alpha value is -1.41. The molecule has 18 heavy (non-hydrogen) atoms. The van der Waals surface area contributed by atoms with Crippen molar-refractivity contribution in [2.75, 3.05) is 5.32 Å². The second-order valence-corrected chi connectivity index (χ2v) is 4.83. The van der Waals surface area contributed by atoms with Gasteiger partial charge in [-0.2, -0.15) is 0 Å². The maximum Gasteiger partial charge on any atom is 0.256 e. The molecule has 1 aromatic carbocycles. The fourth-order valence-corrected chi connectivity index (χ4v) is 1.73. The second kappa shape index (κ2) is 5.49. The van der Waals surface area contributed by atoms with Gasteiger partial charge < -0.3 is 10.4 Å². The van der Waals surface area contributed by atoms with E-state index in [0.29, 0.717) is 15.0 Å². The summed E-state index contributed by atoms with van der Waals surface area (Å²) < 4.78 is 0.675. The Bertz CT molecular complexity index is 607. The Balaban J connectivity index is 2.19. The molecule has 1 heterocycles. The summed E-state index contributed by atoms with van der Waals surface area (Å²) in [5.41, 5.74) is 0.336. The fourth-order valence-electron chi connectivity index (χ4n) is 1.25. The van der Waals surface area contributed by atoms with Gasteiger partial charge in [0, 0.05) is 11.8 Å². The third kappa shape index (κ3) is 3.08. The number of carbonyl (C=O) groups excluding carboxylic acids is 1. The molecular formula is C11H7ClIN3O2. The Labute approximate surface area is 121 Å². The molecule has 1 amide bonds. The predicted molar refractivity (Wildman–Crippen MR) is 75.8 cm³/mol. The first-order valence-corrected chi connectivity index (χ1v) is 6.30. The average Bonchev–Trinajstić information content (AvgIpc) is 2.32. The first kappa shape index (κ1) is 13.0. The van der Waals surface area contributed by atoms with Crippen molar-refractivity contribution in [2.24, 2.45) is 0 Å². The second-order valence-electron chi connectivity index (χ2n) is 3.33. The maximum absolute atomic E-state index is 11.9. The Morgan fingerprint density at radius 2 is 2.17 bits per heavy atom. The van der Waals surface area contributed by atoms with Gasteiger partial charge in [0.05, 0.1) is 3.57 Å². The number of nitrogens with one attached hydrogen (secondary N) is 1. The van der Waals surface area contributed by atoms with Crippen molar-refractivity contribution >= 4 is 45.9 Å². The van der Waals surface area contributed by atoms with Gasteiger partial charge in [0.25, 0.3) is 5.91 Å². The van der Waals surface area contributed by atoms with Crippen LogP contribution in [0.5, 0.6) is 5.75 Å². The van der Waals surface area contributed by atoms with Gasteiger partial charge in [-0.3, -0.25) is 4.79 Å². The molecule has 1 aromatic heterocycles. The highest BCUT2D eigenvalue weighted by Gasteiger charge is 2.09. The largest absolute Gasteiger partial charge is 0.507 e. The highest BCUT2D eigenvalue weighted by Crippen LogP contribution is 2.21. The number of aromatic nitrogens is 2. The zero-order chi connectivity index (χ0) is 13.1. The number of amides is 1. The van der Waals surface area contributed by atoms with E-state index in [1.807, 2.05) is 22.6 Å². The number of benzene rings is 1. The number of halogens is 2. The molecule has 0 spiro atoms. The van der Waals surface area contributed by atoms with Gasteiger partial charge >= 0.3 is 0 Å². The lowest BCUT2D eigenvalue weighted by molar-refractivity contribution is 0.102. The summed E-state index contributed by atoms with van der Waals surface area (Å²) in [4.78, 5) is 19.4. The lowest BCUT2D eigenvalue weighted by Gasteiger charge is -2.05. The van der Waals surface area contributed by atoms with E-state index in [1.54, 1.807) is 12.1 Å². The van der Waals surface area contributed by atoms with E-state index in [2.05, 4.69) is 15.3 Å². The normalized spacial score (nSPS) is 10.1. The van der Waals surface area contributed by atoms with Crippen molar-refractivity contribution < 1.29 is 9.90 Å². The van der Waals surface area contributed by atoms with E-state index in [1.165, 1.54) is 18.3 Å². The minimum atomic E-state index is -0.378. The highest BCUT2D eigenvalue weighted by molar-refractivity contribution is 14.1. The van der Waals surface area contributed by atoms with Crippen LogP contribution in [0.3, 0.4) is 0 Å². The molecule has 0 aliphatic rings. The van der Waals surface area contributed by atoms with Crippen LogP contribution < -0.4 is 5.32 Å². The average molecular weight is 376 g/mol. The summed E-state index contributed by atoms with van der Waals surface area (Å²) in [6.07, 6.45) is 1.44. The lowest BCUT2D eigenvalue weighted by atomic mass is 10.2. The van der Waals surface area contributed by atoms with E-state index in [9.17, 15) is 9.90 Å². The molecule has 0 atom stereocenters. The Morgan fingerprint density at radius 1 is 1.39 bits per heavy atom. The quantitative estimate of drug-likeness (QED) is 0.625. The van der Waals surface area contributed by atoms with Gasteiger partial charge in [-0.25, -0.2) is 9.97 Å². The molecule has 0 aliphatic carbocycles. The smallest absolute Gasteiger partial charge is 0.256 e. The Kier molecular flexibility index (Phi) is 3.97. The lowest BCUT2D eigenvalue weighted by Crippen LogP contribution is -2.13. The number of phenolic OH excluding ortho intramolecular Hbond substituents is 1. The van der Waals surface area contributed by atoms with Gasteiger partial charge in [0.2, 0.25) is 5.28 Å². The van der Waals surface area contributed by atoms with E-state index in [4.69, 9.17) is 11.6 Å². The summed E-state index contributed by atoms with van der Waals surface area (Å²) in [5, 5.41) is 12.1. The van der Waals surface area contributed by atoms with Crippen molar-refractivity contribution in [3.63, 3.8) is 0 Å². The standard InChI is InChI=1S/C11H7ClIN3O2/c12-11-14-4-3-9(16-11)15-10(18)6-1-2-7(13)8(17)5-6/h1-5,17H,(H,14,15,16,18). The summed E-state index contributed by atoms with van der Waals surface area (Å²) >= 11 is 7.58. The van der Waals surface area contributed by atoms with Crippen LogP contribution in [0.25, 0.3) is 0 Å². The molecule has 2 aromatic rings. The minimum absolute atomic E-state index is 0.0539. The number of nitrogens with zero attached hydrogens (tertiary/aromatic N) is 2. The van der Waals surface area contributed by atoms with Crippen molar-refractivity contribution in [3.05, 3.63) is 44.9 Å². The number of carbonyl (C=O) groups is 1. The van der Waals surface area contributed by atoms with Gasteiger partial charge in [-0.05, 0) is 58.5 Å². The molecule has 0 saturated heterocycles. The van der Waals surface area contributed by atoms with Gasteiger partial charge in [0.15, 0.2) is 0 Å². The van der Waals surface area contributed by atoms with Crippen LogP contribution in [-0.4, -0.2) is 21.0 Å². The maximum atomic E-state index is 11.9. The summed E-state index contributed by atoms with van der Waals surface area (Å²) in [6.45, 7) is 0. The summed E-state index contributed by atoms with van der Waals surface area (Å²) in [6, 6.07) is 6.17.